The number of aryl methyl sites for hydroxylation is 2. The first-order valence-electron chi connectivity index (χ1n) is 8.67. The highest BCUT2D eigenvalue weighted by Gasteiger charge is 2.22. The van der Waals surface area contributed by atoms with Gasteiger partial charge in [-0.15, -0.1) is 0 Å². The molecule has 0 saturated heterocycles. The maximum absolute atomic E-state index is 12.4. The Balaban J connectivity index is 1.80. The van der Waals surface area contributed by atoms with Crippen LogP contribution < -0.4 is 5.32 Å². The molecule has 2 aromatic rings. The SMILES string of the molecule is Cc1ccc(C(C)CN=C2CN(C)C(=O)c3ccccc3N2)c(C)c1. The summed E-state index contributed by atoms with van der Waals surface area (Å²) in [6.45, 7) is 7.64. The largest absolute Gasteiger partial charge is 0.342 e. The summed E-state index contributed by atoms with van der Waals surface area (Å²) in [6, 6.07) is 14.2. The molecule has 1 heterocycles. The highest BCUT2D eigenvalue weighted by Crippen LogP contribution is 2.22. The molecule has 130 valence electrons. The summed E-state index contributed by atoms with van der Waals surface area (Å²) in [5, 5.41) is 3.34. The van der Waals surface area contributed by atoms with Crippen LogP contribution in [-0.4, -0.2) is 36.8 Å². The molecule has 4 heteroatoms. The van der Waals surface area contributed by atoms with Gasteiger partial charge in [0.25, 0.3) is 5.91 Å². The number of anilines is 1. The van der Waals surface area contributed by atoms with Crippen molar-refractivity contribution in [3.8, 4) is 0 Å². The molecule has 1 atom stereocenters. The summed E-state index contributed by atoms with van der Waals surface area (Å²) in [5.74, 6) is 1.18. The fraction of sp³-hybridized carbons (Fsp3) is 0.333. The monoisotopic (exact) mass is 335 g/mol. The molecule has 1 aliphatic rings. The third-order valence-corrected chi connectivity index (χ3v) is 4.68. The Hall–Kier alpha value is -2.62. The zero-order chi connectivity index (χ0) is 18.0. The second kappa shape index (κ2) is 7.09. The Bertz CT molecular complexity index is 826. The summed E-state index contributed by atoms with van der Waals surface area (Å²) in [6.07, 6.45) is 0. The number of fused-ring (bicyclic) bond motifs is 1. The Morgan fingerprint density at radius 3 is 2.72 bits per heavy atom. The molecule has 0 aromatic heterocycles. The predicted molar refractivity (Wildman–Crippen MR) is 104 cm³/mol. The third-order valence-electron chi connectivity index (χ3n) is 4.68. The molecular weight excluding hydrogens is 310 g/mol. The van der Waals surface area contributed by atoms with E-state index in [1.165, 1.54) is 16.7 Å². The fourth-order valence-corrected chi connectivity index (χ4v) is 3.29. The van der Waals surface area contributed by atoms with E-state index in [0.29, 0.717) is 24.6 Å². The van der Waals surface area contributed by atoms with Gasteiger partial charge < -0.3 is 10.2 Å². The van der Waals surface area contributed by atoms with Crippen LogP contribution in [0.5, 0.6) is 0 Å². The van der Waals surface area contributed by atoms with E-state index in [0.717, 1.165) is 11.5 Å². The Morgan fingerprint density at radius 2 is 1.96 bits per heavy atom. The van der Waals surface area contributed by atoms with Crippen molar-refractivity contribution >= 4 is 17.4 Å². The predicted octanol–water partition coefficient (Wildman–Crippen LogP) is 4.00. The third kappa shape index (κ3) is 3.73. The van der Waals surface area contributed by atoms with Crippen molar-refractivity contribution in [3.63, 3.8) is 0 Å². The standard InChI is InChI=1S/C21H25N3O/c1-14-9-10-17(15(2)11-14)16(3)12-22-20-13-24(4)21(25)18-7-5-6-8-19(18)23-20/h5-11,16H,12-13H2,1-4H3,(H,22,23). The zero-order valence-corrected chi connectivity index (χ0v) is 15.3. The maximum Gasteiger partial charge on any atom is 0.256 e. The molecule has 1 amide bonds. The van der Waals surface area contributed by atoms with Crippen LogP contribution in [0.4, 0.5) is 5.69 Å². The van der Waals surface area contributed by atoms with Gasteiger partial charge in [0.05, 0.1) is 17.8 Å². The Labute approximate surface area is 149 Å². The normalized spacial score (nSPS) is 17.0. The number of aliphatic imine (C=N–C) groups is 1. The van der Waals surface area contributed by atoms with Gasteiger partial charge in [-0.25, -0.2) is 0 Å². The second-order valence-electron chi connectivity index (χ2n) is 6.88. The molecule has 2 aromatic carbocycles. The van der Waals surface area contributed by atoms with Gasteiger partial charge in [0.15, 0.2) is 0 Å². The number of benzene rings is 2. The average Bonchev–Trinajstić information content (AvgIpc) is 2.70. The molecule has 4 nitrogen and oxygen atoms in total. The highest BCUT2D eigenvalue weighted by atomic mass is 16.2. The minimum Gasteiger partial charge on any atom is -0.342 e. The van der Waals surface area contributed by atoms with Gasteiger partial charge in [0, 0.05) is 19.5 Å². The van der Waals surface area contributed by atoms with E-state index >= 15 is 0 Å². The number of hydrogen-bond donors (Lipinski definition) is 1. The van der Waals surface area contributed by atoms with Crippen LogP contribution in [0.15, 0.2) is 47.5 Å². The number of hydrogen-bond acceptors (Lipinski definition) is 2. The van der Waals surface area contributed by atoms with Crippen LogP contribution in [-0.2, 0) is 0 Å². The molecule has 25 heavy (non-hydrogen) atoms. The van der Waals surface area contributed by atoms with Crippen molar-refractivity contribution < 1.29 is 4.79 Å². The van der Waals surface area contributed by atoms with Crippen LogP contribution in [0.3, 0.4) is 0 Å². The van der Waals surface area contributed by atoms with E-state index in [1.807, 2.05) is 31.3 Å². The summed E-state index contributed by atoms with van der Waals surface area (Å²) in [5.41, 5.74) is 5.43. The number of amides is 1. The fourth-order valence-electron chi connectivity index (χ4n) is 3.29. The molecule has 1 N–H and O–H groups in total. The summed E-state index contributed by atoms with van der Waals surface area (Å²) >= 11 is 0. The lowest BCUT2D eigenvalue weighted by atomic mass is 9.95. The van der Waals surface area contributed by atoms with E-state index in [9.17, 15) is 4.79 Å². The van der Waals surface area contributed by atoms with Crippen LogP contribution in [0.25, 0.3) is 0 Å². The smallest absolute Gasteiger partial charge is 0.256 e. The lowest BCUT2D eigenvalue weighted by Crippen LogP contribution is -2.31. The van der Waals surface area contributed by atoms with E-state index in [4.69, 9.17) is 4.99 Å². The summed E-state index contributed by atoms with van der Waals surface area (Å²) < 4.78 is 0. The molecule has 0 saturated carbocycles. The molecule has 0 bridgehead atoms. The number of nitrogens with zero attached hydrogens (tertiary/aromatic N) is 2. The van der Waals surface area contributed by atoms with Crippen LogP contribution in [0, 0.1) is 13.8 Å². The van der Waals surface area contributed by atoms with Crippen LogP contribution >= 0.6 is 0 Å². The highest BCUT2D eigenvalue weighted by molar-refractivity contribution is 6.10. The lowest BCUT2D eigenvalue weighted by molar-refractivity contribution is 0.0817. The van der Waals surface area contributed by atoms with E-state index in [1.54, 1.807) is 4.90 Å². The van der Waals surface area contributed by atoms with Gasteiger partial charge in [-0.3, -0.25) is 9.79 Å². The zero-order valence-electron chi connectivity index (χ0n) is 15.3. The summed E-state index contributed by atoms with van der Waals surface area (Å²) in [4.78, 5) is 18.9. The van der Waals surface area contributed by atoms with Gasteiger partial charge >= 0.3 is 0 Å². The number of amidine groups is 1. The second-order valence-corrected chi connectivity index (χ2v) is 6.88. The minimum absolute atomic E-state index is 0.0238. The molecule has 1 aliphatic heterocycles. The molecule has 0 spiro atoms. The van der Waals surface area contributed by atoms with E-state index < -0.39 is 0 Å². The van der Waals surface area contributed by atoms with Crippen molar-refractivity contribution in [1.29, 1.82) is 0 Å². The van der Waals surface area contributed by atoms with Crippen LogP contribution in [0.1, 0.15) is 39.9 Å². The quantitative estimate of drug-likeness (QED) is 0.921. The topological polar surface area (TPSA) is 44.7 Å². The van der Waals surface area contributed by atoms with Crippen molar-refractivity contribution in [2.75, 3.05) is 25.5 Å². The van der Waals surface area contributed by atoms with Crippen molar-refractivity contribution in [1.82, 2.24) is 4.90 Å². The van der Waals surface area contributed by atoms with Crippen molar-refractivity contribution in [2.24, 2.45) is 4.99 Å². The maximum atomic E-state index is 12.4. The first kappa shape index (κ1) is 17.2. The molecular formula is C21H25N3O. The molecule has 3 rings (SSSR count). The number of carbonyl (C=O) groups is 1. The average molecular weight is 335 g/mol. The molecule has 0 aliphatic carbocycles. The molecule has 0 fully saturated rings. The molecule has 0 radical (unpaired) electrons. The number of likely N-dealkylation sites (N-methyl/N-ethyl adjacent to an activating group) is 1. The van der Waals surface area contributed by atoms with Gasteiger partial charge in [0.1, 0.15) is 5.84 Å². The van der Waals surface area contributed by atoms with Crippen molar-refractivity contribution in [2.45, 2.75) is 26.7 Å². The number of rotatable bonds is 3. The van der Waals surface area contributed by atoms with E-state index in [-0.39, 0.29) is 5.91 Å². The lowest BCUT2D eigenvalue weighted by Gasteiger charge is -2.16. The first-order valence-corrected chi connectivity index (χ1v) is 8.67. The number of nitrogens with one attached hydrogen (secondary N) is 1. The summed E-state index contributed by atoms with van der Waals surface area (Å²) in [7, 11) is 1.81. The number of para-hydroxylation sites is 1. The van der Waals surface area contributed by atoms with Gasteiger partial charge in [-0.05, 0) is 37.1 Å². The van der Waals surface area contributed by atoms with Gasteiger partial charge in [-0.1, -0.05) is 42.8 Å². The Morgan fingerprint density at radius 1 is 1.20 bits per heavy atom. The molecule has 1 unspecified atom stereocenters. The van der Waals surface area contributed by atoms with Gasteiger partial charge in [-0.2, -0.15) is 0 Å². The Kier molecular flexibility index (Phi) is 4.88. The van der Waals surface area contributed by atoms with Crippen molar-refractivity contribution in [3.05, 3.63) is 64.7 Å². The first-order chi connectivity index (χ1) is 12.0. The number of carbonyl (C=O) groups excluding carboxylic acids is 1. The minimum atomic E-state index is 0.0238. The van der Waals surface area contributed by atoms with Crippen LogP contribution in [0.2, 0.25) is 0 Å². The van der Waals surface area contributed by atoms with Gasteiger partial charge in [0.2, 0.25) is 0 Å². The van der Waals surface area contributed by atoms with E-state index in [2.05, 4.69) is 44.3 Å².